The molecular weight excluding hydrogens is 581 g/mol. The molecule has 0 aliphatic heterocycles. The lowest BCUT2D eigenvalue weighted by atomic mass is 9.73. The minimum absolute atomic E-state index is 0.0799. The van der Waals surface area contributed by atoms with Crippen LogP contribution in [0.3, 0.4) is 0 Å². The number of benzene rings is 4. The smallest absolute Gasteiger partial charge is 0.0378 e. The van der Waals surface area contributed by atoms with Gasteiger partial charge in [0.15, 0.2) is 0 Å². The van der Waals surface area contributed by atoms with Crippen LogP contribution in [0.25, 0.3) is 0 Å². The molecule has 0 saturated heterocycles. The highest BCUT2D eigenvalue weighted by molar-refractivity contribution is 5.55. The quantitative estimate of drug-likeness (QED) is 0.212. The summed E-state index contributed by atoms with van der Waals surface area (Å²) < 4.78 is 0. The third-order valence-corrected chi connectivity index (χ3v) is 10.5. The Morgan fingerprint density at radius 3 is 1.31 bits per heavy atom. The van der Waals surface area contributed by atoms with Gasteiger partial charge in [0.25, 0.3) is 0 Å². The van der Waals surface area contributed by atoms with E-state index in [1.165, 1.54) is 50.1 Å². The van der Waals surface area contributed by atoms with E-state index < -0.39 is 0 Å². The third kappa shape index (κ3) is 8.73. The lowest BCUT2D eigenvalue weighted by Gasteiger charge is -2.30. The second kappa shape index (κ2) is 15.4. The van der Waals surface area contributed by atoms with E-state index in [2.05, 4.69) is 169 Å². The second-order valence-electron chi connectivity index (χ2n) is 16.6. The molecule has 4 aromatic rings. The maximum atomic E-state index is 5.90. The molecule has 0 heterocycles. The first-order chi connectivity index (χ1) is 22.3. The molecule has 0 spiro atoms. The van der Waals surface area contributed by atoms with Crippen LogP contribution in [0.1, 0.15) is 147 Å². The molecule has 0 bridgehead atoms. The number of nitrogens with two attached hydrogens (primary N) is 2. The number of anilines is 2. The number of para-hydroxylation sites is 2. The monoisotopic (exact) mass is 647 g/mol. The predicted molar refractivity (Wildman–Crippen MR) is 214 cm³/mol. The molecule has 0 aromatic heterocycles. The summed E-state index contributed by atoms with van der Waals surface area (Å²) in [4.78, 5) is 0. The zero-order valence-corrected chi connectivity index (χ0v) is 32.7. The number of rotatable bonds is 5. The molecule has 4 N–H and O–H groups in total. The molecule has 2 nitrogen and oxygen atoms in total. The molecule has 0 radical (unpaired) electrons. The summed E-state index contributed by atoms with van der Waals surface area (Å²) in [5, 5.41) is 0. The molecule has 5 rings (SSSR count). The van der Waals surface area contributed by atoms with E-state index in [0.717, 1.165) is 43.5 Å². The first-order valence-corrected chi connectivity index (χ1v) is 18.3. The summed E-state index contributed by atoms with van der Waals surface area (Å²) in [6.07, 6.45) is 5.27. The minimum Gasteiger partial charge on any atom is -0.398 e. The SMILES string of the molecule is CC(C)(C)c1cccc(C2(C)CC(C)(C)c3cc(C(C)(C)C)ccc32)c1.CCc1cccc(CC)c1N.CCc1cccc(CC)c1N. The van der Waals surface area contributed by atoms with Gasteiger partial charge in [-0.3, -0.25) is 0 Å². The average Bonchev–Trinajstić information content (AvgIpc) is 3.26. The summed E-state index contributed by atoms with van der Waals surface area (Å²) in [5.41, 5.74) is 26.9. The molecule has 0 fully saturated rings. The Labute approximate surface area is 294 Å². The van der Waals surface area contributed by atoms with Gasteiger partial charge in [-0.05, 0) is 98.4 Å². The van der Waals surface area contributed by atoms with Crippen molar-refractivity contribution in [1.82, 2.24) is 0 Å². The minimum atomic E-state index is 0.0799. The zero-order valence-electron chi connectivity index (χ0n) is 32.7. The lowest BCUT2D eigenvalue weighted by molar-refractivity contribution is 0.424. The van der Waals surface area contributed by atoms with Crippen LogP contribution in [0, 0.1) is 0 Å². The molecule has 1 atom stereocenters. The molecule has 1 aliphatic rings. The Hall–Kier alpha value is -3.52. The molecule has 0 saturated carbocycles. The van der Waals surface area contributed by atoms with Crippen LogP contribution in [-0.4, -0.2) is 0 Å². The Morgan fingerprint density at radius 2 is 0.917 bits per heavy atom. The van der Waals surface area contributed by atoms with E-state index in [9.17, 15) is 0 Å². The van der Waals surface area contributed by atoms with Crippen molar-refractivity contribution in [3.05, 3.63) is 129 Å². The molecule has 2 heteroatoms. The maximum absolute atomic E-state index is 5.90. The van der Waals surface area contributed by atoms with Crippen LogP contribution in [0.2, 0.25) is 0 Å². The van der Waals surface area contributed by atoms with Crippen LogP contribution in [0.15, 0.2) is 78.9 Å². The van der Waals surface area contributed by atoms with Crippen LogP contribution in [0.4, 0.5) is 11.4 Å². The van der Waals surface area contributed by atoms with Gasteiger partial charge in [-0.2, -0.15) is 0 Å². The van der Waals surface area contributed by atoms with Gasteiger partial charge in [-0.25, -0.2) is 0 Å². The van der Waals surface area contributed by atoms with Crippen molar-refractivity contribution in [2.75, 3.05) is 11.5 Å². The van der Waals surface area contributed by atoms with Gasteiger partial charge < -0.3 is 11.5 Å². The summed E-state index contributed by atoms with van der Waals surface area (Å²) in [7, 11) is 0. The van der Waals surface area contributed by atoms with Crippen molar-refractivity contribution in [1.29, 1.82) is 0 Å². The number of hydrogen-bond acceptors (Lipinski definition) is 2. The van der Waals surface area contributed by atoms with Crippen molar-refractivity contribution in [3.63, 3.8) is 0 Å². The van der Waals surface area contributed by atoms with Crippen LogP contribution < -0.4 is 11.5 Å². The Morgan fingerprint density at radius 1 is 0.521 bits per heavy atom. The van der Waals surface area contributed by atoms with Gasteiger partial charge >= 0.3 is 0 Å². The van der Waals surface area contributed by atoms with Crippen molar-refractivity contribution in [2.24, 2.45) is 0 Å². The molecule has 1 aliphatic carbocycles. The first kappa shape index (κ1) is 38.9. The van der Waals surface area contributed by atoms with E-state index in [1.54, 1.807) is 0 Å². The molecule has 1 unspecified atom stereocenters. The van der Waals surface area contributed by atoms with Crippen molar-refractivity contribution < 1.29 is 0 Å². The molecule has 4 aromatic carbocycles. The van der Waals surface area contributed by atoms with Crippen molar-refractivity contribution in [3.8, 4) is 0 Å². The van der Waals surface area contributed by atoms with Crippen LogP contribution in [-0.2, 0) is 47.3 Å². The fraction of sp³-hybridized carbons (Fsp3) is 0.478. The topological polar surface area (TPSA) is 52.0 Å². The predicted octanol–water partition coefficient (Wildman–Crippen LogP) is 12.1. The third-order valence-electron chi connectivity index (χ3n) is 10.5. The van der Waals surface area contributed by atoms with Gasteiger partial charge in [-0.1, -0.05) is 169 Å². The number of fused-ring (bicyclic) bond motifs is 1. The highest BCUT2D eigenvalue weighted by Crippen LogP contribution is 2.53. The van der Waals surface area contributed by atoms with Gasteiger partial charge in [0.05, 0.1) is 0 Å². The van der Waals surface area contributed by atoms with E-state index in [4.69, 9.17) is 11.5 Å². The van der Waals surface area contributed by atoms with E-state index >= 15 is 0 Å². The molecule has 48 heavy (non-hydrogen) atoms. The average molecular weight is 647 g/mol. The van der Waals surface area contributed by atoms with E-state index in [0.29, 0.717) is 0 Å². The lowest BCUT2D eigenvalue weighted by Crippen LogP contribution is -2.24. The fourth-order valence-corrected chi connectivity index (χ4v) is 7.28. The highest BCUT2D eigenvalue weighted by Gasteiger charge is 2.46. The van der Waals surface area contributed by atoms with Gasteiger partial charge in [0, 0.05) is 16.8 Å². The number of nitrogen functional groups attached to an aromatic ring is 2. The van der Waals surface area contributed by atoms with E-state index in [-0.39, 0.29) is 21.7 Å². The summed E-state index contributed by atoms with van der Waals surface area (Å²) in [6, 6.07) is 29.1. The Bertz CT molecular complexity index is 1560. The maximum Gasteiger partial charge on any atom is 0.0378 e. The van der Waals surface area contributed by atoms with Crippen molar-refractivity contribution in [2.45, 2.75) is 144 Å². The molecule has 0 amide bonds. The first-order valence-electron chi connectivity index (χ1n) is 18.3. The Balaban J connectivity index is 0.000000233. The van der Waals surface area contributed by atoms with Crippen molar-refractivity contribution >= 4 is 11.4 Å². The second-order valence-corrected chi connectivity index (χ2v) is 16.6. The standard InChI is InChI=1S/C26H36.2C10H15N/c1-23(2,3)18-11-10-12-20(15-18)26(9)17-25(7,8)22-16-19(24(4,5)6)13-14-21(22)26;2*1-3-8-6-5-7-9(4-2)10(8)11/h10-16H,17H2,1-9H3;2*5-7H,3-4,11H2,1-2H3. The van der Waals surface area contributed by atoms with Gasteiger partial charge in [-0.15, -0.1) is 0 Å². The highest BCUT2D eigenvalue weighted by atomic mass is 14.6. The summed E-state index contributed by atoms with van der Waals surface area (Å²) in [5.74, 6) is 0. The molecular formula is C46H66N2. The molecule has 260 valence electrons. The summed E-state index contributed by atoms with van der Waals surface area (Å²) in [6.45, 7) is 29.6. The zero-order chi connectivity index (χ0) is 36.1. The summed E-state index contributed by atoms with van der Waals surface area (Å²) >= 11 is 0. The number of hydrogen-bond donors (Lipinski definition) is 2. The normalized spacial score (nSPS) is 16.7. The largest absolute Gasteiger partial charge is 0.398 e. The van der Waals surface area contributed by atoms with E-state index in [1.807, 2.05) is 0 Å². The Kier molecular flexibility index (Phi) is 12.5. The fourth-order valence-electron chi connectivity index (χ4n) is 7.28. The van der Waals surface area contributed by atoms with Gasteiger partial charge in [0.2, 0.25) is 0 Å². The van der Waals surface area contributed by atoms with Crippen LogP contribution >= 0.6 is 0 Å². The van der Waals surface area contributed by atoms with Crippen LogP contribution in [0.5, 0.6) is 0 Å². The van der Waals surface area contributed by atoms with Gasteiger partial charge in [0.1, 0.15) is 0 Å². The number of aryl methyl sites for hydroxylation is 4.